The Kier molecular flexibility index (Phi) is 4.92. The molecule has 3 heteroatoms. The van der Waals surface area contributed by atoms with Crippen LogP contribution < -0.4 is 5.30 Å². The fraction of sp³-hybridized carbons (Fsp3) is 0.125. The van der Waals surface area contributed by atoms with Gasteiger partial charge in [0.2, 0.25) is 0 Å². The first kappa shape index (κ1) is 17.7. The molecule has 1 heterocycles. The lowest BCUT2D eigenvalue weighted by Gasteiger charge is -2.33. The molecule has 4 rings (SSSR count). The number of hydrogen-bond acceptors (Lipinski definition) is 1. The highest BCUT2D eigenvalue weighted by atomic mass is 31.1. The molecule has 1 aliphatic rings. The molecule has 0 aliphatic carbocycles. The highest BCUT2D eigenvalue weighted by Gasteiger charge is 2.47. The number of benzene rings is 3. The quantitative estimate of drug-likeness (QED) is 0.508. The van der Waals surface area contributed by atoms with Crippen molar-refractivity contribution in [3.63, 3.8) is 0 Å². The molecule has 1 N–H and O–H groups in total. The monoisotopic (exact) mass is 372 g/mol. The van der Waals surface area contributed by atoms with Crippen LogP contribution in [-0.4, -0.2) is 17.2 Å². The zero-order valence-electron chi connectivity index (χ0n) is 15.0. The second kappa shape index (κ2) is 7.50. The van der Waals surface area contributed by atoms with Crippen LogP contribution in [0.3, 0.4) is 0 Å². The Bertz CT molecular complexity index is 910. The average molecular weight is 372 g/mol. The van der Waals surface area contributed by atoms with Crippen LogP contribution in [0.25, 0.3) is 0 Å². The van der Waals surface area contributed by atoms with Crippen molar-refractivity contribution in [3.8, 4) is 0 Å². The van der Waals surface area contributed by atoms with E-state index in [0.717, 1.165) is 17.9 Å². The standard InChI is InChI=1S/C24H21O2P/c25-23(26)18-22-24(19-10-4-1-5-11-19,20-12-6-2-7-13-20)16-17-27(22)21-14-8-3-9-15-21/h1-15,18H,16-17H2,(H,25,26)/b22-18-. The summed E-state index contributed by atoms with van der Waals surface area (Å²) >= 11 is 0. The van der Waals surface area contributed by atoms with Crippen LogP contribution in [0.1, 0.15) is 17.5 Å². The molecule has 27 heavy (non-hydrogen) atoms. The normalized spacial score (nSPS) is 19.9. The van der Waals surface area contributed by atoms with Crippen LogP contribution in [0, 0.1) is 0 Å². The molecule has 134 valence electrons. The molecule has 0 amide bonds. The fourth-order valence-corrected chi connectivity index (χ4v) is 7.11. The number of allylic oxidation sites excluding steroid dienone is 1. The van der Waals surface area contributed by atoms with Gasteiger partial charge in [-0.15, -0.1) is 0 Å². The van der Waals surface area contributed by atoms with Gasteiger partial charge in [0.05, 0.1) is 0 Å². The molecule has 1 atom stereocenters. The maximum atomic E-state index is 11.8. The Morgan fingerprint density at radius 3 is 1.78 bits per heavy atom. The van der Waals surface area contributed by atoms with E-state index in [-0.39, 0.29) is 5.41 Å². The number of carboxylic acids is 1. The van der Waals surface area contributed by atoms with E-state index in [1.807, 2.05) is 54.6 Å². The van der Waals surface area contributed by atoms with Crippen molar-refractivity contribution in [2.24, 2.45) is 0 Å². The van der Waals surface area contributed by atoms with Gasteiger partial charge < -0.3 is 5.11 Å². The summed E-state index contributed by atoms with van der Waals surface area (Å²) in [5, 5.41) is 12.0. The van der Waals surface area contributed by atoms with Crippen LogP contribution in [-0.2, 0) is 10.2 Å². The second-order valence-corrected chi connectivity index (χ2v) is 9.04. The van der Waals surface area contributed by atoms with Crippen molar-refractivity contribution in [2.75, 3.05) is 6.16 Å². The molecule has 1 fully saturated rings. The molecule has 2 nitrogen and oxygen atoms in total. The Labute approximate surface area is 160 Å². The summed E-state index contributed by atoms with van der Waals surface area (Å²) in [6.07, 6.45) is 3.38. The summed E-state index contributed by atoms with van der Waals surface area (Å²) in [5.74, 6) is -0.869. The number of carbonyl (C=O) groups is 1. The highest BCUT2D eigenvalue weighted by molar-refractivity contribution is 7.70. The van der Waals surface area contributed by atoms with Gasteiger partial charge in [-0.05, 0) is 42.2 Å². The second-order valence-electron chi connectivity index (χ2n) is 6.74. The third kappa shape index (κ3) is 3.22. The highest BCUT2D eigenvalue weighted by Crippen LogP contribution is 2.64. The van der Waals surface area contributed by atoms with Gasteiger partial charge in [0.1, 0.15) is 0 Å². The minimum atomic E-state index is -0.869. The van der Waals surface area contributed by atoms with Gasteiger partial charge in [0.25, 0.3) is 0 Å². The van der Waals surface area contributed by atoms with E-state index in [1.165, 1.54) is 22.5 Å². The number of rotatable bonds is 4. The van der Waals surface area contributed by atoms with Gasteiger partial charge in [-0.2, -0.15) is 0 Å². The molecule has 0 radical (unpaired) electrons. The number of carboxylic acid groups (broad SMARTS) is 1. The van der Waals surface area contributed by atoms with Crippen molar-refractivity contribution in [1.82, 2.24) is 0 Å². The van der Waals surface area contributed by atoms with Crippen molar-refractivity contribution >= 4 is 19.2 Å². The lowest BCUT2D eigenvalue weighted by molar-refractivity contribution is -0.131. The largest absolute Gasteiger partial charge is 0.478 e. The Morgan fingerprint density at radius 2 is 1.30 bits per heavy atom. The van der Waals surface area contributed by atoms with Gasteiger partial charge in [0, 0.05) is 11.5 Å². The lowest BCUT2D eigenvalue weighted by Crippen LogP contribution is -2.27. The third-order valence-corrected chi connectivity index (χ3v) is 7.98. The topological polar surface area (TPSA) is 37.3 Å². The van der Waals surface area contributed by atoms with Crippen LogP contribution in [0.4, 0.5) is 0 Å². The predicted octanol–water partition coefficient (Wildman–Crippen LogP) is 5.15. The first-order valence-electron chi connectivity index (χ1n) is 9.10. The van der Waals surface area contributed by atoms with Gasteiger partial charge in [-0.3, -0.25) is 0 Å². The Hall–Kier alpha value is -2.70. The third-order valence-electron chi connectivity index (χ3n) is 5.30. The maximum Gasteiger partial charge on any atom is 0.328 e. The minimum absolute atomic E-state index is 0.386. The summed E-state index contributed by atoms with van der Waals surface area (Å²) in [6, 6.07) is 31.1. The van der Waals surface area contributed by atoms with Crippen LogP contribution in [0.5, 0.6) is 0 Å². The molecule has 1 aliphatic heterocycles. The van der Waals surface area contributed by atoms with Gasteiger partial charge in [-0.25, -0.2) is 4.79 Å². The summed E-state index contributed by atoms with van der Waals surface area (Å²) in [5.41, 5.74) is 1.96. The molecular weight excluding hydrogens is 351 g/mol. The minimum Gasteiger partial charge on any atom is -0.478 e. The molecule has 0 saturated carbocycles. The molecule has 1 unspecified atom stereocenters. The number of hydrogen-bond donors (Lipinski definition) is 1. The SMILES string of the molecule is O=C(O)/C=C1\P(c2ccccc2)CCC1(c1ccccc1)c1ccccc1. The summed E-state index contributed by atoms with van der Waals surface area (Å²) in [7, 11) is -0.691. The fourth-order valence-electron chi connectivity index (χ4n) is 4.15. The maximum absolute atomic E-state index is 11.8. The summed E-state index contributed by atoms with van der Waals surface area (Å²) in [4.78, 5) is 11.8. The van der Waals surface area contributed by atoms with E-state index in [0.29, 0.717) is 0 Å². The smallest absolute Gasteiger partial charge is 0.328 e. The van der Waals surface area contributed by atoms with Crippen molar-refractivity contribution in [3.05, 3.63) is 114 Å². The van der Waals surface area contributed by atoms with Crippen molar-refractivity contribution in [1.29, 1.82) is 0 Å². The average Bonchev–Trinajstić information content (AvgIpc) is 3.09. The van der Waals surface area contributed by atoms with E-state index in [4.69, 9.17) is 0 Å². The Morgan fingerprint density at radius 1 is 0.815 bits per heavy atom. The molecule has 1 saturated heterocycles. The van der Waals surface area contributed by atoms with Gasteiger partial charge >= 0.3 is 5.97 Å². The van der Waals surface area contributed by atoms with Crippen molar-refractivity contribution < 1.29 is 9.90 Å². The molecule has 0 aromatic heterocycles. The molecule has 0 bridgehead atoms. The van der Waals surface area contributed by atoms with Crippen LogP contribution in [0.2, 0.25) is 0 Å². The summed E-state index contributed by atoms with van der Waals surface area (Å²) < 4.78 is 0. The molecular formula is C24H21O2P. The van der Waals surface area contributed by atoms with Crippen molar-refractivity contribution in [2.45, 2.75) is 11.8 Å². The van der Waals surface area contributed by atoms with Crippen LogP contribution in [0.15, 0.2) is 102 Å². The van der Waals surface area contributed by atoms with E-state index in [1.54, 1.807) is 0 Å². The zero-order valence-corrected chi connectivity index (χ0v) is 15.8. The number of aliphatic carboxylic acids is 1. The van der Waals surface area contributed by atoms with Gasteiger partial charge in [-0.1, -0.05) is 91.0 Å². The van der Waals surface area contributed by atoms with Gasteiger partial charge in [0.15, 0.2) is 0 Å². The molecule has 0 spiro atoms. The molecule has 3 aromatic rings. The van der Waals surface area contributed by atoms with E-state index in [2.05, 4.69) is 36.4 Å². The van der Waals surface area contributed by atoms with Crippen LogP contribution >= 0.6 is 7.92 Å². The first-order valence-corrected chi connectivity index (χ1v) is 10.6. The summed E-state index contributed by atoms with van der Waals surface area (Å²) in [6.45, 7) is 0. The lowest BCUT2D eigenvalue weighted by atomic mass is 9.72. The van der Waals surface area contributed by atoms with E-state index >= 15 is 0 Å². The predicted molar refractivity (Wildman–Crippen MR) is 112 cm³/mol. The zero-order chi connectivity index (χ0) is 18.7. The molecule has 3 aromatic carbocycles. The first-order chi connectivity index (χ1) is 13.2. The van der Waals surface area contributed by atoms with E-state index in [9.17, 15) is 9.90 Å². The Balaban J connectivity index is 1.96. The van der Waals surface area contributed by atoms with E-state index < -0.39 is 13.9 Å².